The van der Waals surface area contributed by atoms with E-state index in [1.54, 1.807) is 5.92 Å². The predicted molar refractivity (Wildman–Crippen MR) is 41.5 cm³/mol. The SMILES string of the molecule is FCCC[C]1CCCCC1. The summed E-state index contributed by atoms with van der Waals surface area (Å²) >= 11 is 0. The minimum Gasteiger partial charge on any atom is -0.251 e. The molecule has 0 spiro atoms. The van der Waals surface area contributed by atoms with Crippen LogP contribution in [0.2, 0.25) is 0 Å². The number of hydrogen-bond acceptors (Lipinski definition) is 0. The van der Waals surface area contributed by atoms with E-state index in [2.05, 4.69) is 0 Å². The van der Waals surface area contributed by atoms with Crippen LogP contribution in [0.5, 0.6) is 0 Å². The average molecular weight is 143 g/mol. The van der Waals surface area contributed by atoms with Crippen molar-refractivity contribution in [3.05, 3.63) is 5.92 Å². The van der Waals surface area contributed by atoms with E-state index < -0.39 is 0 Å². The zero-order valence-corrected chi connectivity index (χ0v) is 6.53. The summed E-state index contributed by atoms with van der Waals surface area (Å²) in [7, 11) is 0. The number of rotatable bonds is 3. The first kappa shape index (κ1) is 8.03. The van der Waals surface area contributed by atoms with Crippen molar-refractivity contribution in [3.63, 3.8) is 0 Å². The molecule has 0 atom stereocenters. The molecule has 0 unspecified atom stereocenters. The van der Waals surface area contributed by atoms with Crippen LogP contribution < -0.4 is 0 Å². The van der Waals surface area contributed by atoms with E-state index in [0.717, 1.165) is 12.8 Å². The Hall–Kier alpha value is -0.0700. The van der Waals surface area contributed by atoms with Gasteiger partial charge in [-0.05, 0) is 31.6 Å². The highest BCUT2D eigenvalue weighted by atomic mass is 19.1. The average Bonchev–Trinajstić information content (AvgIpc) is 2.03. The molecular weight excluding hydrogens is 127 g/mol. The smallest absolute Gasteiger partial charge is 0.0894 e. The Kier molecular flexibility index (Phi) is 3.77. The molecule has 0 aromatic rings. The Balaban J connectivity index is 2.02. The molecule has 1 saturated carbocycles. The summed E-state index contributed by atoms with van der Waals surface area (Å²) in [6, 6.07) is 0. The molecule has 0 amide bonds. The van der Waals surface area contributed by atoms with Crippen LogP contribution >= 0.6 is 0 Å². The van der Waals surface area contributed by atoms with Gasteiger partial charge in [0, 0.05) is 0 Å². The molecular formula is C9H16F. The second kappa shape index (κ2) is 4.70. The van der Waals surface area contributed by atoms with Gasteiger partial charge in [-0.1, -0.05) is 19.3 Å². The molecule has 1 heteroatoms. The summed E-state index contributed by atoms with van der Waals surface area (Å²) in [5.74, 6) is 1.61. The van der Waals surface area contributed by atoms with E-state index >= 15 is 0 Å². The standard InChI is InChI=1S/C9H16F/c10-8-4-7-9-5-2-1-3-6-9/h1-8H2. The zero-order chi connectivity index (χ0) is 7.23. The third-order valence-corrected chi connectivity index (χ3v) is 2.22. The lowest BCUT2D eigenvalue weighted by Crippen LogP contribution is -2.03. The van der Waals surface area contributed by atoms with Crippen molar-refractivity contribution < 1.29 is 4.39 Å². The highest BCUT2D eigenvalue weighted by molar-refractivity contribution is 4.91. The second-order valence-corrected chi connectivity index (χ2v) is 3.10. The van der Waals surface area contributed by atoms with Gasteiger partial charge in [0.2, 0.25) is 0 Å². The summed E-state index contributed by atoms with van der Waals surface area (Å²) in [6.45, 7) is -0.135. The third kappa shape index (κ3) is 2.68. The molecule has 1 rings (SSSR count). The molecule has 0 heterocycles. The van der Waals surface area contributed by atoms with E-state index in [4.69, 9.17) is 0 Å². The Labute approximate surface area is 62.8 Å². The zero-order valence-electron chi connectivity index (χ0n) is 6.53. The van der Waals surface area contributed by atoms with Gasteiger partial charge in [0.05, 0.1) is 6.67 Å². The van der Waals surface area contributed by atoms with Crippen LogP contribution in [0.3, 0.4) is 0 Å². The van der Waals surface area contributed by atoms with Gasteiger partial charge in [0.25, 0.3) is 0 Å². The molecule has 0 aromatic heterocycles. The van der Waals surface area contributed by atoms with Gasteiger partial charge in [-0.25, -0.2) is 0 Å². The van der Waals surface area contributed by atoms with Crippen LogP contribution in [0.4, 0.5) is 4.39 Å². The summed E-state index contributed by atoms with van der Waals surface area (Å²) in [5, 5.41) is 0. The van der Waals surface area contributed by atoms with E-state index in [1.165, 1.54) is 32.1 Å². The number of hydrogen-bond donors (Lipinski definition) is 0. The first-order valence-electron chi connectivity index (χ1n) is 4.33. The molecule has 0 aliphatic heterocycles. The highest BCUT2D eigenvalue weighted by Crippen LogP contribution is 2.28. The van der Waals surface area contributed by atoms with Gasteiger partial charge in [-0.3, -0.25) is 4.39 Å². The van der Waals surface area contributed by atoms with Crippen LogP contribution in [-0.4, -0.2) is 6.67 Å². The van der Waals surface area contributed by atoms with Crippen LogP contribution in [0, 0.1) is 5.92 Å². The molecule has 59 valence electrons. The Morgan fingerprint density at radius 1 is 1.10 bits per heavy atom. The van der Waals surface area contributed by atoms with Crippen molar-refractivity contribution in [1.82, 2.24) is 0 Å². The third-order valence-electron chi connectivity index (χ3n) is 2.22. The van der Waals surface area contributed by atoms with E-state index in [0.29, 0.717) is 0 Å². The summed E-state index contributed by atoms with van der Waals surface area (Å²) < 4.78 is 11.7. The Morgan fingerprint density at radius 3 is 2.40 bits per heavy atom. The lowest BCUT2D eigenvalue weighted by atomic mass is 9.86. The van der Waals surface area contributed by atoms with E-state index in [-0.39, 0.29) is 6.67 Å². The van der Waals surface area contributed by atoms with Gasteiger partial charge in [0.1, 0.15) is 0 Å². The van der Waals surface area contributed by atoms with Crippen LogP contribution in [-0.2, 0) is 0 Å². The van der Waals surface area contributed by atoms with Gasteiger partial charge >= 0.3 is 0 Å². The number of halogens is 1. The first-order chi connectivity index (χ1) is 4.93. The lowest BCUT2D eigenvalue weighted by molar-refractivity contribution is 0.435. The fraction of sp³-hybridized carbons (Fsp3) is 0.889. The topological polar surface area (TPSA) is 0 Å². The molecule has 0 bridgehead atoms. The van der Waals surface area contributed by atoms with Crippen molar-refractivity contribution in [2.75, 3.05) is 6.67 Å². The molecule has 0 aromatic carbocycles. The van der Waals surface area contributed by atoms with Crippen LogP contribution in [0.15, 0.2) is 0 Å². The molecule has 0 N–H and O–H groups in total. The quantitative estimate of drug-likeness (QED) is 0.568. The van der Waals surface area contributed by atoms with Crippen LogP contribution in [0.25, 0.3) is 0 Å². The van der Waals surface area contributed by atoms with Crippen LogP contribution in [0.1, 0.15) is 44.9 Å². The maximum absolute atomic E-state index is 11.7. The summed E-state index contributed by atoms with van der Waals surface area (Å²) in [4.78, 5) is 0. The van der Waals surface area contributed by atoms with Crippen molar-refractivity contribution in [2.45, 2.75) is 44.9 Å². The molecule has 1 radical (unpaired) electrons. The molecule has 10 heavy (non-hydrogen) atoms. The lowest BCUT2D eigenvalue weighted by Gasteiger charge is -2.19. The molecule has 0 nitrogen and oxygen atoms in total. The maximum atomic E-state index is 11.7. The van der Waals surface area contributed by atoms with Gasteiger partial charge in [-0.15, -0.1) is 0 Å². The molecule has 0 saturated heterocycles. The normalized spacial score (nSPS) is 21.3. The van der Waals surface area contributed by atoms with Crippen molar-refractivity contribution in [1.29, 1.82) is 0 Å². The first-order valence-corrected chi connectivity index (χ1v) is 4.33. The van der Waals surface area contributed by atoms with E-state index in [1.807, 2.05) is 0 Å². The van der Waals surface area contributed by atoms with E-state index in [9.17, 15) is 4.39 Å². The predicted octanol–water partition coefficient (Wildman–Crippen LogP) is 3.27. The van der Waals surface area contributed by atoms with Gasteiger partial charge in [0.15, 0.2) is 0 Å². The van der Waals surface area contributed by atoms with Gasteiger partial charge in [-0.2, -0.15) is 0 Å². The largest absolute Gasteiger partial charge is 0.251 e. The second-order valence-electron chi connectivity index (χ2n) is 3.10. The fourth-order valence-electron chi connectivity index (χ4n) is 1.62. The van der Waals surface area contributed by atoms with Crippen molar-refractivity contribution in [3.8, 4) is 0 Å². The minimum absolute atomic E-state index is 0.135. The highest BCUT2D eigenvalue weighted by Gasteiger charge is 2.12. The Morgan fingerprint density at radius 2 is 1.80 bits per heavy atom. The van der Waals surface area contributed by atoms with Gasteiger partial charge < -0.3 is 0 Å². The molecule has 1 aliphatic rings. The number of alkyl halides is 1. The Bertz CT molecular complexity index is 74.8. The fourth-order valence-corrected chi connectivity index (χ4v) is 1.62. The van der Waals surface area contributed by atoms with Crippen molar-refractivity contribution in [2.24, 2.45) is 0 Å². The molecule has 1 fully saturated rings. The summed E-state index contributed by atoms with van der Waals surface area (Å²) in [5.41, 5.74) is 0. The summed E-state index contributed by atoms with van der Waals surface area (Å²) in [6.07, 6.45) is 8.45. The minimum atomic E-state index is -0.135. The monoisotopic (exact) mass is 143 g/mol. The maximum Gasteiger partial charge on any atom is 0.0894 e. The molecule has 1 aliphatic carbocycles. The van der Waals surface area contributed by atoms with Crippen molar-refractivity contribution >= 4 is 0 Å².